The first kappa shape index (κ1) is 10.4. The van der Waals surface area contributed by atoms with Gasteiger partial charge in [-0.05, 0) is 6.92 Å². The lowest BCUT2D eigenvalue weighted by Gasteiger charge is -2.19. The van der Waals surface area contributed by atoms with Crippen LogP contribution in [0.25, 0.3) is 0 Å². The van der Waals surface area contributed by atoms with Gasteiger partial charge in [-0.3, -0.25) is 0 Å². The molecule has 0 heterocycles. The highest BCUT2D eigenvalue weighted by atomic mass is 16.5. The molecule has 0 aromatic rings. The van der Waals surface area contributed by atoms with E-state index in [0.717, 1.165) is 0 Å². The average molecular weight is 189 g/mol. The number of carbonyl (C=O) groups is 1. The van der Waals surface area contributed by atoms with Crippen molar-refractivity contribution in [2.24, 2.45) is 5.73 Å². The lowest BCUT2D eigenvalue weighted by atomic mass is 10.0. The van der Waals surface area contributed by atoms with Crippen molar-refractivity contribution < 1.29 is 19.7 Å². The maximum absolute atomic E-state index is 11.2. The van der Waals surface area contributed by atoms with Gasteiger partial charge in [0.1, 0.15) is 0 Å². The topological polar surface area (TPSA) is 92.8 Å². The number of hydrogen-bond donors (Lipinski definition) is 3. The standard InChI is InChI=1S/C8H15NO4/c1-2-13-7(11)8(12)3-5(9)6(10)4-8/h5-6,10,12H,2-4,9H2,1H3/t5-,6?,8?/m1/s1. The van der Waals surface area contributed by atoms with Crippen LogP contribution in [0.3, 0.4) is 0 Å². The highest BCUT2D eigenvalue weighted by Gasteiger charge is 2.48. The van der Waals surface area contributed by atoms with Gasteiger partial charge in [0.05, 0.1) is 12.7 Å². The van der Waals surface area contributed by atoms with E-state index in [2.05, 4.69) is 4.74 Å². The molecule has 4 N–H and O–H groups in total. The largest absolute Gasteiger partial charge is 0.464 e. The molecule has 5 heteroatoms. The van der Waals surface area contributed by atoms with Crippen molar-refractivity contribution in [3.63, 3.8) is 0 Å². The summed E-state index contributed by atoms with van der Waals surface area (Å²) in [5, 5.41) is 19.0. The zero-order valence-corrected chi connectivity index (χ0v) is 7.56. The molecule has 13 heavy (non-hydrogen) atoms. The smallest absolute Gasteiger partial charge is 0.338 e. The van der Waals surface area contributed by atoms with Gasteiger partial charge in [0.15, 0.2) is 5.60 Å². The molecule has 1 aliphatic rings. The van der Waals surface area contributed by atoms with Crippen molar-refractivity contribution >= 4 is 5.97 Å². The molecule has 5 nitrogen and oxygen atoms in total. The molecule has 0 radical (unpaired) electrons. The average Bonchev–Trinajstić information content (AvgIpc) is 2.28. The second-order valence-corrected chi connectivity index (χ2v) is 3.39. The molecular weight excluding hydrogens is 174 g/mol. The summed E-state index contributed by atoms with van der Waals surface area (Å²) in [7, 11) is 0. The van der Waals surface area contributed by atoms with Gasteiger partial charge in [0, 0.05) is 18.9 Å². The third-order valence-corrected chi connectivity index (χ3v) is 2.27. The third kappa shape index (κ3) is 1.99. The van der Waals surface area contributed by atoms with Crippen molar-refractivity contribution in [2.75, 3.05) is 6.61 Å². The van der Waals surface area contributed by atoms with E-state index in [1.165, 1.54) is 0 Å². The first-order valence-electron chi connectivity index (χ1n) is 4.33. The maximum atomic E-state index is 11.2. The number of rotatable bonds is 2. The lowest BCUT2D eigenvalue weighted by molar-refractivity contribution is -0.165. The first-order chi connectivity index (χ1) is 5.99. The van der Waals surface area contributed by atoms with Gasteiger partial charge >= 0.3 is 5.97 Å². The zero-order chi connectivity index (χ0) is 10.1. The van der Waals surface area contributed by atoms with Crippen LogP contribution in [0.1, 0.15) is 19.8 Å². The summed E-state index contributed by atoms with van der Waals surface area (Å²) in [5.41, 5.74) is 3.88. The van der Waals surface area contributed by atoms with Gasteiger partial charge in [-0.1, -0.05) is 0 Å². The second-order valence-electron chi connectivity index (χ2n) is 3.39. The third-order valence-electron chi connectivity index (χ3n) is 2.27. The summed E-state index contributed by atoms with van der Waals surface area (Å²) >= 11 is 0. The molecule has 2 unspecified atom stereocenters. The summed E-state index contributed by atoms with van der Waals surface area (Å²) in [6.07, 6.45) is -0.797. The predicted molar refractivity (Wildman–Crippen MR) is 44.8 cm³/mol. The van der Waals surface area contributed by atoms with Crippen LogP contribution in [0.5, 0.6) is 0 Å². The molecule has 0 aromatic heterocycles. The summed E-state index contributed by atoms with van der Waals surface area (Å²) in [4.78, 5) is 11.2. The minimum atomic E-state index is -1.59. The van der Waals surface area contributed by atoms with Crippen molar-refractivity contribution in [1.29, 1.82) is 0 Å². The zero-order valence-electron chi connectivity index (χ0n) is 7.56. The van der Waals surface area contributed by atoms with Gasteiger partial charge in [0.25, 0.3) is 0 Å². The second kappa shape index (κ2) is 3.61. The number of ether oxygens (including phenoxy) is 1. The van der Waals surface area contributed by atoms with Crippen molar-refractivity contribution in [2.45, 2.75) is 37.5 Å². The van der Waals surface area contributed by atoms with Crippen LogP contribution >= 0.6 is 0 Å². The molecule has 0 bridgehead atoms. The van der Waals surface area contributed by atoms with Crippen LogP contribution in [-0.2, 0) is 9.53 Å². The molecule has 0 aromatic carbocycles. The number of carbonyl (C=O) groups excluding carboxylic acids is 1. The molecule has 3 atom stereocenters. The monoisotopic (exact) mass is 189 g/mol. The minimum Gasteiger partial charge on any atom is -0.464 e. The molecule has 0 amide bonds. The highest BCUT2D eigenvalue weighted by molar-refractivity contribution is 5.80. The Morgan fingerprint density at radius 1 is 1.69 bits per heavy atom. The van der Waals surface area contributed by atoms with Crippen molar-refractivity contribution in [1.82, 2.24) is 0 Å². The summed E-state index contributed by atoms with van der Waals surface area (Å²) in [6, 6.07) is -0.547. The molecular formula is C8H15NO4. The Morgan fingerprint density at radius 2 is 2.31 bits per heavy atom. The molecule has 1 saturated carbocycles. The van der Waals surface area contributed by atoms with Gasteiger partial charge in [0.2, 0.25) is 0 Å². The van der Waals surface area contributed by atoms with Crippen LogP contribution in [0.4, 0.5) is 0 Å². The minimum absolute atomic E-state index is 0.0347. The van der Waals surface area contributed by atoms with Crippen molar-refractivity contribution in [3.05, 3.63) is 0 Å². The Balaban J connectivity index is 2.63. The Bertz CT molecular complexity index is 196. The fourth-order valence-corrected chi connectivity index (χ4v) is 1.54. The molecule has 76 valence electrons. The Kier molecular flexibility index (Phi) is 2.90. The molecule has 1 fully saturated rings. The SMILES string of the molecule is CCOC(=O)C1(O)CC(O)[C@H](N)C1. The van der Waals surface area contributed by atoms with Crippen molar-refractivity contribution in [3.8, 4) is 0 Å². The number of aliphatic hydroxyl groups is 2. The number of hydrogen-bond acceptors (Lipinski definition) is 5. The van der Waals surface area contributed by atoms with E-state index in [1.54, 1.807) is 6.92 Å². The Hall–Kier alpha value is -0.650. The van der Waals surface area contributed by atoms with E-state index in [0.29, 0.717) is 0 Å². The van der Waals surface area contributed by atoms with E-state index in [4.69, 9.17) is 5.73 Å². The highest BCUT2D eigenvalue weighted by Crippen LogP contribution is 2.30. The van der Waals surface area contributed by atoms with E-state index in [1.807, 2.05) is 0 Å². The number of esters is 1. The normalized spacial score (nSPS) is 39.1. The fraction of sp³-hybridized carbons (Fsp3) is 0.875. The summed E-state index contributed by atoms with van der Waals surface area (Å²) in [5.74, 6) is -0.693. The summed E-state index contributed by atoms with van der Waals surface area (Å²) in [6.45, 7) is 1.87. The fourth-order valence-electron chi connectivity index (χ4n) is 1.54. The summed E-state index contributed by atoms with van der Waals surface area (Å²) < 4.78 is 4.67. The molecule has 0 aliphatic heterocycles. The Morgan fingerprint density at radius 3 is 2.69 bits per heavy atom. The van der Waals surface area contributed by atoms with Crippen LogP contribution in [0.2, 0.25) is 0 Å². The maximum Gasteiger partial charge on any atom is 0.338 e. The Labute approximate surface area is 76.5 Å². The molecule has 0 saturated heterocycles. The molecule has 1 rings (SSSR count). The molecule has 1 aliphatic carbocycles. The van der Waals surface area contributed by atoms with E-state index in [-0.39, 0.29) is 19.4 Å². The van der Waals surface area contributed by atoms with Crippen LogP contribution < -0.4 is 5.73 Å². The van der Waals surface area contributed by atoms with E-state index < -0.39 is 23.7 Å². The van der Waals surface area contributed by atoms with Crippen LogP contribution in [0, 0.1) is 0 Å². The number of aliphatic hydroxyl groups excluding tert-OH is 1. The van der Waals surface area contributed by atoms with Gasteiger partial charge in [-0.25, -0.2) is 4.79 Å². The van der Waals surface area contributed by atoms with E-state index in [9.17, 15) is 15.0 Å². The van der Waals surface area contributed by atoms with Crippen LogP contribution in [0.15, 0.2) is 0 Å². The van der Waals surface area contributed by atoms with Gasteiger partial charge in [-0.15, -0.1) is 0 Å². The predicted octanol–water partition coefficient (Wildman–Crippen LogP) is -1.24. The van der Waals surface area contributed by atoms with Gasteiger partial charge in [-0.2, -0.15) is 0 Å². The first-order valence-corrected chi connectivity index (χ1v) is 4.33. The van der Waals surface area contributed by atoms with E-state index >= 15 is 0 Å². The number of nitrogens with two attached hydrogens (primary N) is 1. The van der Waals surface area contributed by atoms with Crippen LogP contribution in [-0.4, -0.2) is 40.5 Å². The molecule has 0 spiro atoms. The lowest BCUT2D eigenvalue weighted by Crippen LogP contribution is -2.38. The quantitative estimate of drug-likeness (QED) is 0.473. The van der Waals surface area contributed by atoms with Gasteiger partial charge < -0.3 is 20.7 Å².